The molecule has 0 saturated carbocycles. The number of amides is 1. The molecule has 0 radical (unpaired) electrons. The monoisotopic (exact) mass is 336 g/mol. The second-order valence-electron chi connectivity index (χ2n) is 5.27. The molecule has 1 amide bonds. The van der Waals surface area contributed by atoms with Gasteiger partial charge in [-0.25, -0.2) is 4.39 Å². The maximum atomic E-state index is 13.8. The molecule has 23 heavy (non-hydrogen) atoms. The third kappa shape index (κ3) is 3.73. The van der Waals surface area contributed by atoms with Crippen LogP contribution in [0.1, 0.15) is 18.4 Å². The molecule has 0 spiro atoms. The topological polar surface area (TPSA) is 70.6 Å². The fourth-order valence-electron chi connectivity index (χ4n) is 2.55. The molecule has 1 aliphatic rings. The number of benzene rings is 1. The van der Waals surface area contributed by atoms with Crippen LogP contribution in [0.4, 0.5) is 23.2 Å². The largest absolute Gasteiger partial charge is 0.494 e. The van der Waals surface area contributed by atoms with E-state index in [9.17, 15) is 27.5 Å². The molecule has 0 aliphatic carbocycles. The van der Waals surface area contributed by atoms with Crippen LogP contribution in [0.25, 0.3) is 0 Å². The van der Waals surface area contributed by atoms with Gasteiger partial charge < -0.3 is 20.5 Å². The van der Waals surface area contributed by atoms with Crippen molar-refractivity contribution in [2.24, 2.45) is 0 Å². The van der Waals surface area contributed by atoms with E-state index in [0.29, 0.717) is 13.1 Å². The minimum absolute atomic E-state index is 0.0129. The standard InChI is InChI=1S/C14H16F4N2O3/c1-23-11-9(13(22)2-4-19-5-3-13)6-8(15)7-10(11)20-12(21)14(16,17)18/h6-7,19,22H,2-5H2,1H3,(H,20,21). The van der Waals surface area contributed by atoms with Gasteiger partial charge in [0.15, 0.2) is 0 Å². The molecule has 0 unspecified atom stereocenters. The highest BCUT2D eigenvalue weighted by atomic mass is 19.4. The number of carbonyl (C=O) groups excluding carboxylic acids is 1. The van der Waals surface area contributed by atoms with E-state index in [1.165, 1.54) is 7.11 Å². The van der Waals surface area contributed by atoms with Crippen LogP contribution >= 0.6 is 0 Å². The second-order valence-corrected chi connectivity index (χ2v) is 5.27. The zero-order valence-corrected chi connectivity index (χ0v) is 12.3. The van der Waals surface area contributed by atoms with Crippen molar-refractivity contribution >= 4 is 11.6 Å². The van der Waals surface area contributed by atoms with Crippen molar-refractivity contribution in [1.82, 2.24) is 5.32 Å². The SMILES string of the molecule is COc1c(NC(=O)C(F)(F)F)cc(F)cc1C1(O)CCNCC1. The van der Waals surface area contributed by atoms with Crippen LogP contribution in [-0.2, 0) is 10.4 Å². The fraction of sp³-hybridized carbons (Fsp3) is 0.500. The predicted molar refractivity (Wildman–Crippen MR) is 73.6 cm³/mol. The summed E-state index contributed by atoms with van der Waals surface area (Å²) in [5.74, 6) is -3.32. The van der Waals surface area contributed by atoms with Crippen LogP contribution in [-0.4, -0.2) is 37.4 Å². The smallest absolute Gasteiger partial charge is 0.471 e. The lowest BCUT2D eigenvalue weighted by atomic mass is 9.84. The Bertz CT molecular complexity index is 598. The first-order chi connectivity index (χ1) is 10.7. The number of rotatable bonds is 3. The summed E-state index contributed by atoms with van der Waals surface area (Å²) in [5, 5.41) is 15.3. The van der Waals surface area contributed by atoms with E-state index in [1.54, 1.807) is 5.32 Å². The van der Waals surface area contributed by atoms with E-state index in [-0.39, 0.29) is 24.2 Å². The third-order valence-electron chi connectivity index (χ3n) is 3.70. The Morgan fingerprint density at radius 3 is 2.48 bits per heavy atom. The van der Waals surface area contributed by atoms with Crippen molar-refractivity contribution in [2.45, 2.75) is 24.6 Å². The summed E-state index contributed by atoms with van der Waals surface area (Å²) in [4.78, 5) is 11.1. The molecule has 1 saturated heterocycles. The van der Waals surface area contributed by atoms with Gasteiger partial charge in [0.05, 0.1) is 18.4 Å². The van der Waals surface area contributed by atoms with Crippen molar-refractivity contribution in [3.8, 4) is 5.75 Å². The first-order valence-electron chi connectivity index (χ1n) is 6.86. The van der Waals surface area contributed by atoms with E-state index in [4.69, 9.17) is 4.74 Å². The first kappa shape index (κ1) is 17.5. The van der Waals surface area contributed by atoms with Crippen LogP contribution in [0.2, 0.25) is 0 Å². The summed E-state index contributed by atoms with van der Waals surface area (Å²) >= 11 is 0. The number of hydrogen-bond donors (Lipinski definition) is 3. The molecule has 0 aromatic heterocycles. The fourth-order valence-corrected chi connectivity index (χ4v) is 2.55. The summed E-state index contributed by atoms with van der Waals surface area (Å²) in [6.07, 6.45) is -4.65. The minimum Gasteiger partial charge on any atom is -0.494 e. The second kappa shape index (κ2) is 6.32. The normalized spacial score (nSPS) is 17.7. The molecule has 128 valence electrons. The quantitative estimate of drug-likeness (QED) is 0.738. The van der Waals surface area contributed by atoms with Crippen LogP contribution in [0, 0.1) is 5.82 Å². The van der Waals surface area contributed by atoms with Gasteiger partial charge >= 0.3 is 12.1 Å². The number of nitrogens with one attached hydrogen (secondary N) is 2. The average molecular weight is 336 g/mol. The van der Waals surface area contributed by atoms with Crippen molar-refractivity contribution < 1.29 is 32.2 Å². The molecule has 1 aromatic carbocycles. The van der Waals surface area contributed by atoms with Crippen LogP contribution in [0.3, 0.4) is 0 Å². The maximum absolute atomic E-state index is 13.8. The van der Waals surface area contributed by atoms with Gasteiger partial charge in [0.2, 0.25) is 0 Å². The molecule has 1 aliphatic heterocycles. The number of ether oxygens (including phenoxy) is 1. The van der Waals surface area contributed by atoms with E-state index in [2.05, 4.69) is 5.32 Å². The molecule has 1 fully saturated rings. The van der Waals surface area contributed by atoms with E-state index < -0.39 is 29.2 Å². The lowest BCUT2D eigenvalue weighted by Gasteiger charge is -2.34. The van der Waals surface area contributed by atoms with Gasteiger partial charge in [-0.05, 0) is 32.0 Å². The van der Waals surface area contributed by atoms with Gasteiger partial charge in [-0.3, -0.25) is 4.79 Å². The van der Waals surface area contributed by atoms with Crippen LogP contribution in [0.15, 0.2) is 12.1 Å². The Balaban J connectivity index is 2.46. The predicted octanol–water partition coefficient (Wildman–Crippen LogP) is 1.91. The van der Waals surface area contributed by atoms with Gasteiger partial charge in [0, 0.05) is 11.6 Å². The summed E-state index contributed by atoms with van der Waals surface area (Å²) in [6.45, 7) is 0.917. The first-order valence-corrected chi connectivity index (χ1v) is 6.86. The van der Waals surface area contributed by atoms with E-state index in [0.717, 1.165) is 12.1 Å². The van der Waals surface area contributed by atoms with Gasteiger partial charge in [0.25, 0.3) is 0 Å². The molecule has 5 nitrogen and oxygen atoms in total. The average Bonchev–Trinajstić information content (AvgIpc) is 2.46. The summed E-state index contributed by atoms with van der Waals surface area (Å²) < 4.78 is 56.0. The molecule has 1 aromatic rings. The third-order valence-corrected chi connectivity index (χ3v) is 3.70. The Kier molecular flexibility index (Phi) is 4.81. The summed E-state index contributed by atoms with van der Waals surface area (Å²) in [5.41, 5.74) is -1.91. The number of piperidine rings is 1. The van der Waals surface area contributed by atoms with Crippen molar-refractivity contribution in [2.75, 3.05) is 25.5 Å². The Labute approximate surface area is 129 Å². The molecular formula is C14H16F4N2O3. The van der Waals surface area contributed by atoms with Crippen LogP contribution < -0.4 is 15.4 Å². The van der Waals surface area contributed by atoms with Gasteiger partial charge in [-0.2, -0.15) is 13.2 Å². The molecule has 1 heterocycles. The number of carbonyl (C=O) groups is 1. The molecule has 2 rings (SSSR count). The van der Waals surface area contributed by atoms with Gasteiger partial charge in [-0.15, -0.1) is 0 Å². The molecule has 0 bridgehead atoms. The number of halogens is 4. The van der Waals surface area contributed by atoms with Crippen molar-refractivity contribution in [3.63, 3.8) is 0 Å². The van der Waals surface area contributed by atoms with Crippen molar-refractivity contribution in [3.05, 3.63) is 23.5 Å². The Morgan fingerprint density at radius 2 is 1.96 bits per heavy atom. The number of anilines is 1. The Hall–Kier alpha value is -1.87. The van der Waals surface area contributed by atoms with Crippen LogP contribution in [0.5, 0.6) is 5.75 Å². The maximum Gasteiger partial charge on any atom is 0.471 e. The number of methoxy groups -OCH3 is 1. The minimum atomic E-state index is -5.12. The Morgan fingerprint density at radius 1 is 1.35 bits per heavy atom. The van der Waals surface area contributed by atoms with E-state index >= 15 is 0 Å². The summed E-state index contributed by atoms with van der Waals surface area (Å²) in [6, 6.07) is 1.73. The number of alkyl halides is 3. The lowest BCUT2D eigenvalue weighted by Crippen LogP contribution is -2.40. The summed E-state index contributed by atoms with van der Waals surface area (Å²) in [7, 11) is 1.17. The highest BCUT2D eigenvalue weighted by Crippen LogP contribution is 2.41. The molecule has 3 N–H and O–H groups in total. The van der Waals surface area contributed by atoms with Gasteiger partial charge in [0.1, 0.15) is 11.6 Å². The highest BCUT2D eigenvalue weighted by molar-refractivity contribution is 5.96. The highest BCUT2D eigenvalue weighted by Gasteiger charge is 2.40. The lowest BCUT2D eigenvalue weighted by molar-refractivity contribution is -0.167. The number of aliphatic hydroxyl groups is 1. The molecular weight excluding hydrogens is 320 g/mol. The van der Waals surface area contributed by atoms with Crippen molar-refractivity contribution in [1.29, 1.82) is 0 Å². The van der Waals surface area contributed by atoms with Gasteiger partial charge in [-0.1, -0.05) is 0 Å². The zero-order valence-electron chi connectivity index (χ0n) is 12.3. The molecule has 0 atom stereocenters. The number of hydrogen-bond acceptors (Lipinski definition) is 4. The van der Waals surface area contributed by atoms with E-state index in [1.807, 2.05) is 0 Å². The zero-order chi connectivity index (χ0) is 17.3. The molecule has 9 heteroatoms.